The van der Waals surface area contributed by atoms with Crippen molar-refractivity contribution in [3.05, 3.63) is 23.8 Å². The number of alkyl halides is 2. The Morgan fingerprint density at radius 2 is 1.82 bits per heavy atom. The molecule has 3 nitrogen and oxygen atoms in total. The topological polar surface area (TPSA) is 35.5 Å². The predicted octanol–water partition coefficient (Wildman–Crippen LogP) is 4.26. The van der Waals surface area contributed by atoms with Crippen LogP contribution in [0.25, 0.3) is 0 Å². The second-order valence-electron chi connectivity index (χ2n) is 6.17. The molecular formula is C16H16F2O3S. The molecule has 118 valence electrons. The summed E-state index contributed by atoms with van der Waals surface area (Å²) in [5.41, 5.74) is 0.440. The Morgan fingerprint density at radius 1 is 1.14 bits per heavy atom. The van der Waals surface area contributed by atoms with Gasteiger partial charge < -0.3 is 9.47 Å². The van der Waals surface area contributed by atoms with Gasteiger partial charge in [0.2, 0.25) is 0 Å². The zero-order chi connectivity index (χ0) is 15.3. The van der Waals surface area contributed by atoms with Crippen LogP contribution >= 0.6 is 11.8 Å². The first kappa shape index (κ1) is 14.3. The number of hydrogen-bond acceptors (Lipinski definition) is 4. The molecule has 1 aromatic rings. The number of benzene rings is 1. The number of Topliss-reactive ketones (excluding diaryl/α,β-unsaturated/α-hetero) is 1. The summed E-state index contributed by atoms with van der Waals surface area (Å²) in [5, 5.41) is 1.14. The molecule has 6 heteroatoms. The Balaban J connectivity index is 1.54. The lowest BCUT2D eigenvalue weighted by Gasteiger charge is -2.37. The molecule has 2 bridgehead atoms. The lowest BCUT2D eigenvalue weighted by atomic mass is 9.84. The van der Waals surface area contributed by atoms with Gasteiger partial charge in [-0.1, -0.05) is 6.42 Å². The highest BCUT2D eigenvalue weighted by molar-refractivity contribution is 8.00. The average Bonchev–Trinajstić information content (AvgIpc) is 2.78. The van der Waals surface area contributed by atoms with E-state index in [9.17, 15) is 13.6 Å². The molecule has 22 heavy (non-hydrogen) atoms. The van der Waals surface area contributed by atoms with Crippen molar-refractivity contribution in [2.24, 2.45) is 5.92 Å². The van der Waals surface area contributed by atoms with E-state index in [4.69, 9.17) is 0 Å². The fourth-order valence-corrected chi connectivity index (χ4v) is 5.45. The van der Waals surface area contributed by atoms with E-state index >= 15 is 0 Å². The zero-order valence-electron chi connectivity index (χ0n) is 11.9. The van der Waals surface area contributed by atoms with Crippen LogP contribution in [0.2, 0.25) is 0 Å². The third-order valence-corrected chi connectivity index (χ3v) is 6.21. The summed E-state index contributed by atoms with van der Waals surface area (Å²) in [5.74, 6) is -0.0323. The Kier molecular flexibility index (Phi) is 3.33. The first-order chi connectivity index (χ1) is 10.5. The Morgan fingerprint density at radius 3 is 2.55 bits per heavy atom. The smallest absolute Gasteiger partial charge is 0.395 e. The molecule has 0 radical (unpaired) electrons. The van der Waals surface area contributed by atoms with Crippen molar-refractivity contribution in [1.29, 1.82) is 0 Å². The van der Waals surface area contributed by atoms with Gasteiger partial charge >= 0.3 is 6.29 Å². The van der Waals surface area contributed by atoms with Gasteiger partial charge in [0, 0.05) is 22.0 Å². The van der Waals surface area contributed by atoms with E-state index in [1.807, 2.05) is 11.8 Å². The highest BCUT2D eigenvalue weighted by Crippen LogP contribution is 2.46. The van der Waals surface area contributed by atoms with Gasteiger partial charge in [-0.05, 0) is 43.9 Å². The molecule has 2 fully saturated rings. The van der Waals surface area contributed by atoms with E-state index in [0.717, 1.165) is 12.8 Å². The summed E-state index contributed by atoms with van der Waals surface area (Å²) in [4.78, 5) is 12.7. The van der Waals surface area contributed by atoms with Crippen LogP contribution in [0.4, 0.5) is 8.78 Å². The molecule has 3 aliphatic heterocycles. The molecule has 0 N–H and O–H groups in total. The van der Waals surface area contributed by atoms with Gasteiger partial charge in [0.15, 0.2) is 17.3 Å². The third-order valence-electron chi connectivity index (χ3n) is 4.59. The first-order valence-electron chi connectivity index (χ1n) is 7.60. The van der Waals surface area contributed by atoms with E-state index in [2.05, 4.69) is 9.47 Å². The van der Waals surface area contributed by atoms with Crippen LogP contribution in [-0.4, -0.2) is 22.6 Å². The number of carbonyl (C=O) groups is 1. The molecule has 0 saturated carbocycles. The highest BCUT2D eigenvalue weighted by Gasteiger charge is 2.44. The Hall–Kier alpha value is -1.30. The molecule has 2 unspecified atom stereocenters. The molecule has 4 rings (SSSR count). The third kappa shape index (κ3) is 2.57. The minimum atomic E-state index is -3.64. The lowest BCUT2D eigenvalue weighted by Crippen LogP contribution is -2.32. The van der Waals surface area contributed by atoms with Gasteiger partial charge in [0.25, 0.3) is 0 Å². The molecule has 2 saturated heterocycles. The molecule has 2 atom stereocenters. The molecule has 0 spiro atoms. The number of ketones is 1. The number of thioether (sulfide) groups is 1. The minimum Gasteiger partial charge on any atom is -0.395 e. The van der Waals surface area contributed by atoms with E-state index in [1.54, 1.807) is 6.07 Å². The maximum Gasteiger partial charge on any atom is 0.586 e. The van der Waals surface area contributed by atoms with Crippen molar-refractivity contribution < 1.29 is 23.0 Å². The second kappa shape index (κ2) is 5.11. The van der Waals surface area contributed by atoms with Crippen LogP contribution in [0.1, 0.15) is 42.5 Å². The summed E-state index contributed by atoms with van der Waals surface area (Å²) < 4.78 is 34.9. The second-order valence-corrected chi connectivity index (χ2v) is 7.78. The van der Waals surface area contributed by atoms with Gasteiger partial charge in [-0.25, -0.2) is 0 Å². The molecule has 0 aliphatic carbocycles. The summed E-state index contributed by atoms with van der Waals surface area (Å²) in [6.07, 6.45) is 1.76. The van der Waals surface area contributed by atoms with Crippen LogP contribution in [0.3, 0.4) is 0 Å². The summed E-state index contributed by atoms with van der Waals surface area (Å²) in [7, 11) is 0. The zero-order valence-corrected chi connectivity index (χ0v) is 12.7. The monoisotopic (exact) mass is 326 g/mol. The molecule has 3 aliphatic rings. The SMILES string of the molecule is O=C(c1ccc2c(c1)OC(F)(F)O2)C1CC2CCCC(C1)S2. The van der Waals surface area contributed by atoms with E-state index in [0.29, 0.717) is 16.1 Å². The fourth-order valence-electron chi connectivity index (χ4n) is 3.61. The number of ether oxygens (including phenoxy) is 2. The van der Waals surface area contributed by atoms with Crippen LogP contribution in [-0.2, 0) is 0 Å². The number of carbonyl (C=O) groups excluding carboxylic acids is 1. The maximum atomic E-state index is 13.0. The summed E-state index contributed by atoms with van der Waals surface area (Å²) in [6, 6.07) is 4.33. The quantitative estimate of drug-likeness (QED) is 0.761. The minimum absolute atomic E-state index is 0.00238. The normalized spacial score (nSPS) is 31.8. The number of rotatable bonds is 2. The lowest BCUT2D eigenvalue weighted by molar-refractivity contribution is -0.286. The maximum absolute atomic E-state index is 13.0. The van der Waals surface area contributed by atoms with Gasteiger partial charge in [0.1, 0.15) is 0 Å². The fraction of sp³-hybridized carbons (Fsp3) is 0.562. The van der Waals surface area contributed by atoms with Crippen molar-refractivity contribution in [2.45, 2.75) is 48.9 Å². The molecule has 0 amide bonds. The van der Waals surface area contributed by atoms with E-state index in [-0.39, 0.29) is 23.2 Å². The van der Waals surface area contributed by atoms with Gasteiger partial charge in [0.05, 0.1) is 0 Å². The number of hydrogen-bond donors (Lipinski definition) is 0. The molecule has 1 aromatic carbocycles. The largest absolute Gasteiger partial charge is 0.586 e. The van der Waals surface area contributed by atoms with E-state index < -0.39 is 6.29 Å². The van der Waals surface area contributed by atoms with Crippen LogP contribution in [0.15, 0.2) is 18.2 Å². The molecule has 0 aromatic heterocycles. The molecular weight excluding hydrogens is 310 g/mol. The standard InChI is InChI=1S/C16H16F2O3S/c17-16(18)20-13-5-4-9(8-14(13)21-16)15(19)10-6-11-2-1-3-12(7-10)22-11/h4-5,8,10-12H,1-3,6-7H2. The van der Waals surface area contributed by atoms with E-state index in [1.165, 1.54) is 31.4 Å². The number of fused-ring (bicyclic) bond motifs is 3. The van der Waals surface area contributed by atoms with Crippen LogP contribution < -0.4 is 9.47 Å². The first-order valence-corrected chi connectivity index (χ1v) is 8.54. The van der Waals surface area contributed by atoms with Crippen LogP contribution in [0, 0.1) is 5.92 Å². The highest BCUT2D eigenvalue weighted by atomic mass is 32.2. The van der Waals surface area contributed by atoms with Crippen molar-refractivity contribution in [1.82, 2.24) is 0 Å². The van der Waals surface area contributed by atoms with Crippen molar-refractivity contribution in [3.63, 3.8) is 0 Å². The van der Waals surface area contributed by atoms with Crippen LogP contribution in [0.5, 0.6) is 11.5 Å². The van der Waals surface area contributed by atoms with Crippen molar-refractivity contribution in [2.75, 3.05) is 0 Å². The average molecular weight is 326 g/mol. The van der Waals surface area contributed by atoms with Crippen molar-refractivity contribution >= 4 is 17.5 Å². The van der Waals surface area contributed by atoms with Gasteiger partial charge in [-0.2, -0.15) is 11.8 Å². The van der Waals surface area contributed by atoms with Gasteiger partial charge in [-0.15, -0.1) is 8.78 Å². The number of halogens is 2. The Labute approximate surface area is 131 Å². The molecule has 3 heterocycles. The van der Waals surface area contributed by atoms with Crippen molar-refractivity contribution in [3.8, 4) is 11.5 Å². The predicted molar refractivity (Wildman–Crippen MR) is 78.7 cm³/mol. The summed E-state index contributed by atoms with van der Waals surface area (Å²) >= 11 is 2.01. The summed E-state index contributed by atoms with van der Waals surface area (Å²) in [6.45, 7) is 0. The Bertz CT molecular complexity index is 607. The van der Waals surface area contributed by atoms with Gasteiger partial charge in [-0.3, -0.25) is 4.79 Å².